The van der Waals surface area contributed by atoms with Crippen LogP contribution in [0.2, 0.25) is 0 Å². The highest BCUT2D eigenvalue weighted by molar-refractivity contribution is 6.07. The summed E-state index contributed by atoms with van der Waals surface area (Å²) >= 11 is 0. The average molecular weight is 413 g/mol. The Bertz CT molecular complexity index is 1040. The summed E-state index contributed by atoms with van der Waals surface area (Å²) in [6, 6.07) is 9.35. The van der Waals surface area contributed by atoms with Gasteiger partial charge >= 0.3 is 12.0 Å². The van der Waals surface area contributed by atoms with Gasteiger partial charge in [0.15, 0.2) is 11.5 Å². The fraction of sp³-hybridized carbons (Fsp3) is 0.238. The van der Waals surface area contributed by atoms with E-state index in [0.29, 0.717) is 12.0 Å². The minimum atomic E-state index is -0.989. The lowest BCUT2D eigenvalue weighted by Gasteiger charge is -2.17. The lowest BCUT2D eigenvalue weighted by molar-refractivity contribution is -0.130. The van der Waals surface area contributed by atoms with Gasteiger partial charge in [-0.25, -0.2) is 14.0 Å². The number of hydrazone groups is 1. The van der Waals surface area contributed by atoms with Crippen molar-refractivity contribution in [1.82, 2.24) is 10.3 Å². The van der Waals surface area contributed by atoms with Crippen molar-refractivity contribution in [2.24, 2.45) is 5.10 Å². The highest BCUT2D eigenvalue weighted by atomic mass is 19.1. The molecule has 2 aromatic carbocycles. The summed E-state index contributed by atoms with van der Waals surface area (Å²) in [5, 5.41) is 7.32. The number of esters is 1. The molecule has 0 spiro atoms. The Labute approximate surface area is 172 Å². The van der Waals surface area contributed by atoms with Crippen molar-refractivity contribution in [1.29, 1.82) is 0 Å². The second-order valence-corrected chi connectivity index (χ2v) is 6.76. The van der Waals surface area contributed by atoms with Crippen LogP contribution < -0.4 is 14.8 Å². The largest absolute Gasteiger partial charge is 0.493 e. The number of nitrogens with one attached hydrogen (secondary N) is 1. The third-order valence-electron chi connectivity index (χ3n) is 4.75. The molecule has 1 atom stereocenters. The first-order valence-corrected chi connectivity index (χ1v) is 9.14. The first kappa shape index (κ1) is 21.0. The first-order valence-electron chi connectivity index (χ1n) is 9.14. The monoisotopic (exact) mass is 413 g/mol. The molecular weight excluding hydrogens is 393 g/mol. The first-order chi connectivity index (χ1) is 14.3. The number of halogens is 1. The number of imide groups is 1. The van der Waals surface area contributed by atoms with E-state index < -0.39 is 29.3 Å². The highest BCUT2D eigenvalue weighted by Crippen LogP contribution is 2.29. The van der Waals surface area contributed by atoms with E-state index in [2.05, 4.69) is 10.4 Å². The molecule has 0 unspecified atom stereocenters. The molecule has 3 amide bonds. The third-order valence-corrected chi connectivity index (χ3v) is 4.75. The van der Waals surface area contributed by atoms with Crippen molar-refractivity contribution in [3.05, 3.63) is 59.4 Å². The van der Waals surface area contributed by atoms with E-state index in [9.17, 15) is 18.8 Å². The van der Waals surface area contributed by atoms with Crippen molar-refractivity contribution in [3.8, 4) is 11.5 Å². The lowest BCUT2D eigenvalue weighted by Crippen LogP contribution is -2.42. The normalized spacial score (nSPS) is 18.6. The molecule has 0 bridgehead atoms. The Kier molecular flexibility index (Phi) is 5.81. The number of rotatable bonds is 6. The smallest absolute Gasteiger partial charge is 0.346 e. The molecule has 1 aliphatic heterocycles. The maximum Gasteiger partial charge on any atom is 0.346 e. The Morgan fingerprint density at radius 3 is 2.60 bits per heavy atom. The maximum atomic E-state index is 13.8. The van der Waals surface area contributed by atoms with E-state index in [1.54, 1.807) is 19.9 Å². The molecule has 1 aliphatic rings. The van der Waals surface area contributed by atoms with E-state index in [1.165, 1.54) is 43.7 Å². The van der Waals surface area contributed by atoms with Crippen LogP contribution in [-0.4, -0.2) is 41.8 Å². The molecule has 0 aliphatic carbocycles. The zero-order valence-corrected chi connectivity index (χ0v) is 16.6. The predicted octanol–water partition coefficient (Wildman–Crippen LogP) is 3.11. The van der Waals surface area contributed by atoms with E-state index in [1.807, 2.05) is 0 Å². The van der Waals surface area contributed by atoms with Crippen molar-refractivity contribution < 1.29 is 28.2 Å². The van der Waals surface area contributed by atoms with Crippen molar-refractivity contribution in [2.45, 2.75) is 25.8 Å². The van der Waals surface area contributed by atoms with Crippen LogP contribution in [0.25, 0.3) is 0 Å². The molecule has 156 valence electrons. The summed E-state index contributed by atoms with van der Waals surface area (Å²) in [7, 11) is 1.38. The quantitative estimate of drug-likeness (QED) is 0.340. The summed E-state index contributed by atoms with van der Waals surface area (Å²) < 4.78 is 24.2. The number of urea groups is 1. The topological polar surface area (TPSA) is 97.3 Å². The number of carbonyl (C=O) groups is 3. The van der Waals surface area contributed by atoms with Crippen LogP contribution in [0.4, 0.5) is 9.18 Å². The third kappa shape index (κ3) is 4.00. The van der Waals surface area contributed by atoms with Crippen LogP contribution in [0.1, 0.15) is 36.2 Å². The fourth-order valence-electron chi connectivity index (χ4n) is 2.77. The number of hydrogen-bond donors (Lipinski definition) is 1. The number of nitrogens with zero attached hydrogens (tertiary/aromatic N) is 2. The molecule has 8 nitrogen and oxygen atoms in total. The van der Waals surface area contributed by atoms with Crippen LogP contribution in [0, 0.1) is 5.82 Å². The summed E-state index contributed by atoms with van der Waals surface area (Å²) in [5.74, 6) is -1.74. The number of ether oxygens (including phenoxy) is 2. The van der Waals surface area contributed by atoms with Crippen LogP contribution in [0.3, 0.4) is 0 Å². The minimum absolute atomic E-state index is 0.0800. The molecule has 2 aromatic rings. The van der Waals surface area contributed by atoms with Gasteiger partial charge in [-0.3, -0.25) is 4.79 Å². The zero-order valence-electron chi connectivity index (χ0n) is 16.6. The van der Waals surface area contributed by atoms with Crippen LogP contribution in [0.5, 0.6) is 11.5 Å². The second-order valence-electron chi connectivity index (χ2n) is 6.76. The molecule has 30 heavy (non-hydrogen) atoms. The van der Waals surface area contributed by atoms with Gasteiger partial charge in [0.05, 0.1) is 18.9 Å². The lowest BCUT2D eigenvalue weighted by atomic mass is 10.00. The molecule has 0 radical (unpaired) electrons. The molecule has 1 fully saturated rings. The van der Waals surface area contributed by atoms with E-state index >= 15 is 0 Å². The van der Waals surface area contributed by atoms with Gasteiger partial charge in [-0.2, -0.15) is 5.10 Å². The number of benzene rings is 2. The minimum Gasteiger partial charge on any atom is -0.493 e. The molecule has 1 saturated heterocycles. The van der Waals surface area contributed by atoms with Gasteiger partial charge in [0.25, 0.3) is 5.91 Å². The van der Waals surface area contributed by atoms with Crippen molar-refractivity contribution >= 4 is 24.1 Å². The van der Waals surface area contributed by atoms with Gasteiger partial charge in [0, 0.05) is 0 Å². The van der Waals surface area contributed by atoms with E-state index in [-0.39, 0.29) is 17.1 Å². The molecule has 0 aromatic heterocycles. The summed E-state index contributed by atoms with van der Waals surface area (Å²) in [6.45, 7) is 3.42. The Morgan fingerprint density at radius 1 is 1.23 bits per heavy atom. The fourth-order valence-corrected chi connectivity index (χ4v) is 2.77. The molecule has 0 saturated carbocycles. The van der Waals surface area contributed by atoms with Gasteiger partial charge in [-0.1, -0.05) is 19.1 Å². The summed E-state index contributed by atoms with van der Waals surface area (Å²) in [6.07, 6.45) is 1.74. The van der Waals surface area contributed by atoms with E-state index in [0.717, 1.165) is 11.1 Å². The predicted molar refractivity (Wildman–Crippen MR) is 106 cm³/mol. The molecular formula is C21H20FN3O5. The van der Waals surface area contributed by atoms with Crippen LogP contribution >= 0.6 is 0 Å². The number of carbonyl (C=O) groups excluding carboxylic acids is 3. The van der Waals surface area contributed by atoms with Gasteiger partial charge in [0.1, 0.15) is 11.4 Å². The maximum absolute atomic E-state index is 13.8. The number of methoxy groups -OCH3 is 1. The zero-order chi connectivity index (χ0) is 21.9. The van der Waals surface area contributed by atoms with E-state index in [4.69, 9.17) is 9.47 Å². The molecule has 9 heteroatoms. The van der Waals surface area contributed by atoms with Gasteiger partial charge in [0.2, 0.25) is 0 Å². The Hall–Kier alpha value is -3.75. The SMILES string of the molecule is CC[C@@]1(C)NC(=O)N(/N=C\c2ccc(OC(=O)c3ccccc3F)c(OC)c2)C1=O. The second kappa shape index (κ2) is 8.32. The van der Waals surface area contributed by atoms with Gasteiger partial charge in [-0.05, 0) is 49.2 Å². The van der Waals surface area contributed by atoms with Crippen molar-refractivity contribution in [2.75, 3.05) is 7.11 Å². The Morgan fingerprint density at radius 2 is 1.97 bits per heavy atom. The number of hydrogen-bond acceptors (Lipinski definition) is 6. The molecule has 1 N–H and O–H groups in total. The Balaban J connectivity index is 1.78. The van der Waals surface area contributed by atoms with Crippen LogP contribution in [0.15, 0.2) is 47.6 Å². The molecule has 1 heterocycles. The van der Waals surface area contributed by atoms with Crippen LogP contribution in [-0.2, 0) is 4.79 Å². The number of amides is 3. The summed E-state index contributed by atoms with van der Waals surface area (Å²) in [5.41, 5.74) is -0.706. The molecule has 3 rings (SSSR count). The van der Waals surface area contributed by atoms with Crippen molar-refractivity contribution in [3.63, 3.8) is 0 Å². The summed E-state index contributed by atoms with van der Waals surface area (Å²) in [4.78, 5) is 36.6. The average Bonchev–Trinajstić information content (AvgIpc) is 2.96. The standard InChI is InChI=1S/C21H20FN3O5/c1-4-21(2)19(27)25(20(28)24-21)23-12-13-9-10-16(17(11-13)29-3)30-18(26)14-7-5-6-8-15(14)22/h5-12H,4H2,1-3H3,(H,24,28)/b23-12-/t21-/m1/s1. The van der Waals surface area contributed by atoms with Gasteiger partial charge in [-0.15, -0.1) is 5.01 Å². The van der Waals surface area contributed by atoms with Gasteiger partial charge < -0.3 is 14.8 Å². The highest BCUT2D eigenvalue weighted by Gasteiger charge is 2.46.